The van der Waals surface area contributed by atoms with E-state index in [1.54, 1.807) is 24.3 Å². The molecule has 0 saturated carbocycles. The molecule has 1 atom stereocenters. The summed E-state index contributed by atoms with van der Waals surface area (Å²) >= 11 is 0.787. The minimum Gasteiger partial charge on any atom is -0.480 e. The Bertz CT molecular complexity index is 480. The summed E-state index contributed by atoms with van der Waals surface area (Å²) < 4.78 is 4.57. The Kier molecular flexibility index (Phi) is 5.57. The first-order valence-electron chi connectivity index (χ1n) is 5.51. The Morgan fingerprint density at radius 3 is 2.26 bits per heavy atom. The van der Waals surface area contributed by atoms with E-state index in [0.29, 0.717) is 5.56 Å². The van der Waals surface area contributed by atoms with Crippen molar-refractivity contribution >= 4 is 28.8 Å². The van der Waals surface area contributed by atoms with E-state index in [2.05, 4.69) is 4.74 Å². The predicted octanol–water partition coefficient (Wildman–Crippen LogP) is 1.75. The number of benzene rings is 1. The van der Waals surface area contributed by atoms with Crippen molar-refractivity contribution in [2.24, 2.45) is 0 Å². The third kappa shape index (κ3) is 4.75. The number of hydrogen-bond donors (Lipinski definition) is 1. The first-order valence-corrected chi connectivity index (χ1v) is 6.39. The number of rotatable bonds is 5. The van der Waals surface area contributed by atoms with Crippen LogP contribution in [0.3, 0.4) is 0 Å². The number of thioether (sulfide) groups is 1. The minimum atomic E-state index is -1.03. The highest BCUT2D eigenvalue weighted by molar-refractivity contribution is 8.14. The molecular formula is C13H14O5S. The number of aliphatic carboxylic acids is 1. The van der Waals surface area contributed by atoms with Gasteiger partial charge in [0, 0.05) is 6.92 Å². The highest BCUT2D eigenvalue weighted by Gasteiger charge is 2.20. The number of esters is 1. The maximum absolute atomic E-state index is 11.2. The summed E-state index contributed by atoms with van der Waals surface area (Å²) in [4.78, 5) is 33.2. The molecule has 0 spiro atoms. The van der Waals surface area contributed by atoms with Crippen LogP contribution in [0.4, 0.5) is 0 Å². The molecule has 1 N–H and O–H groups in total. The van der Waals surface area contributed by atoms with Crippen molar-refractivity contribution < 1.29 is 24.2 Å². The van der Waals surface area contributed by atoms with Crippen LogP contribution in [0.15, 0.2) is 24.3 Å². The van der Waals surface area contributed by atoms with Gasteiger partial charge in [0.1, 0.15) is 5.25 Å². The summed E-state index contributed by atoms with van der Waals surface area (Å²) in [5.41, 5.74) is 1.14. The van der Waals surface area contributed by atoms with Crippen molar-refractivity contribution in [2.45, 2.75) is 18.6 Å². The number of methoxy groups -OCH3 is 1. The van der Waals surface area contributed by atoms with E-state index in [-0.39, 0.29) is 11.5 Å². The summed E-state index contributed by atoms with van der Waals surface area (Å²) in [5, 5.41) is 7.96. The van der Waals surface area contributed by atoms with Crippen LogP contribution in [-0.2, 0) is 20.7 Å². The zero-order valence-corrected chi connectivity index (χ0v) is 11.4. The van der Waals surface area contributed by atoms with Gasteiger partial charge in [0.25, 0.3) is 0 Å². The molecule has 5 nitrogen and oxygen atoms in total. The molecule has 0 fully saturated rings. The summed E-state index contributed by atoms with van der Waals surface area (Å²) in [6.45, 7) is 1.33. The van der Waals surface area contributed by atoms with Gasteiger partial charge in [-0.15, -0.1) is 0 Å². The molecule has 0 unspecified atom stereocenters. The van der Waals surface area contributed by atoms with Gasteiger partial charge in [-0.2, -0.15) is 0 Å². The molecule has 0 aromatic heterocycles. The van der Waals surface area contributed by atoms with Gasteiger partial charge in [-0.25, -0.2) is 4.79 Å². The van der Waals surface area contributed by atoms with Gasteiger partial charge in [0.2, 0.25) is 0 Å². The molecule has 0 aliphatic heterocycles. The average molecular weight is 282 g/mol. The lowest BCUT2D eigenvalue weighted by Gasteiger charge is -2.10. The Morgan fingerprint density at radius 1 is 1.26 bits per heavy atom. The Morgan fingerprint density at radius 2 is 1.84 bits per heavy atom. The second kappa shape index (κ2) is 6.94. The predicted molar refractivity (Wildman–Crippen MR) is 71.2 cm³/mol. The number of carbonyl (C=O) groups excluding carboxylic acids is 2. The lowest BCUT2D eigenvalue weighted by atomic mass is 10.1. The van der Waals surface area contributed by atoms with Crippen LogP contribution in [0.2, 0.25) is 0 Å². The lowest BCUT2D eigenvalue weighted by Crippen LogP contribution is -2.20. The lowest BCUT2D eigenvalue weighted by molar-refractivity contribution is -0.136. The maximum Gasteiger partial charge on any atom is 0.337 e. The van der Waals surface area contributed by atoms with E-state index in [4.69, 9.17) is 5.11 Å². The van der Waals surface area contributed by atoms with Gasteiger partial charge in [-0.1, -0.05) is 23.9 Å². The number of ether oxygens (including phenoxy) is 1. The van der Waals surface area contributed by atoms with Gasteiger partial charge >= 0.3 is 11.9 Å². The standard InChI is InChI=1S/C13H14O5S/c1-8(14)19-11(12(15)16)7-9-3-5-10(6-4-9)13(17)18-2/h3-6,11H,7H2,1-2H3,(H,15,16)/t11-/m0/s1. The Hall–Kier alpha value is -1.82. The van der Waals surface area contributed by atoms with E-state index in [1.165, 1.54) is 14.0 Å². The molecule has 19 heavy (non-hydrogen) atoms. The Balaban J connectivity index is 2.77. The third-order valence-electron chi connectivity index (χ3n) is 2.38. The molecule has 0 saturated heterocycles. The monoisotopic (exact) mass is 282 g/mol. The van der Waals surface area contributed by atoms with Crippen LogP contribution in [0.1, 0.15) is 22.8 Å². The highest BCUT2D eigenvalue weighted by atomic mass is 32.2. The fourth-order valence-corrected chi connectivity index (χ4v) is 2.27. The van der Waals surface area contributed by atoms with Crippen LogP contribution < -0.4 is 0 Å². The first-order chi connectivity index (χ1) is 8.93. The van der Waals surface area contributed by atoms with E-state index >= 15 is 0 Å². The largest absolute Gasteiger partial charge is 0.480 e. The Labute approximate surface area is 115 Å². The van der Waals surface area contributed by atoms with Crippen molar-refractivity contribution in [1.82, 2.24) is 0 Å². The summed E-state index contributed by atoms with van der Waals surface area (Å²) in [7, 11) is 1.29. The topological polar surface area (TPSA) is 80.7 Å². The summed E-state index contributed by atoms with van der Waals surface area (Å²) in [6, 6.07) is 6.45. The van der Waals surface area contributed by atoms with Crippen molar-refractivity contribution in [3.8, 4) is 0 Å². The van der Waals surface area contributed by atoms with E-state index in [0.717, 1.165) is 17.3 Å². The molecule has 0 aliphatic rings. The molecule has 1 rings (SSSR count). The van der Waals surface area contributed by atoms with Crippen molar-refractivity contribution in [3.05, 3.63) is 35.4 Å². The molecule has 0 heterocycles. The van der Waals surface area contributed by atoms with Crippen molar-refractivity contribution in [3.63, 3.8) is 0 Å². The zero-order valence-electron chi connectivity index (χ0n) is 10.6. The van der Waals surface area contributed by atoms with E-state index in [1.807, 2.05) is 0 Å². The quantitative estimate of drug-likeness (QED) is 0.829. The van der Waals surface area contributed by atoms with Gasteiger partial charge in [0.15, 0.2) is 5.12 Å². The number of carboxylic acid groups (broad SMARTS) is 1. The maximum atomic E-state index is 11.2. The van der Waals surface area contributed by atoms with E-state index in [9.17, 15) is 14.4 Å². The van der Waals surface area contributed by atoms with Gasteiger partial charge in [-0.05, 0) is 24.1 Å². The van der Waals surface area contributed by atoms with E-state index < -0.39 is 17.2 Å². The third-order valence-corrected chi connectivity index (χ3v) is 3.36. The zero-order chi connectivity index (χ0) is 14.4. The summed E-state index contributed by atoms with van der Waals surface area (Å²) in [5.74, 6) is -1.48. The second-order valence-corrected chi connectivity index (χ2v) is 5.21. The van der Waals surface area contributed by atoms with Gasteiger partial charge in [0.05, 0.1) is 12.7 Å². The molecule has 6 heteroatoms. The SMILES string of the molecule is COC(=O)c1ccc(C[C@H](SC(C)=O)C(=O)O)cc1. The minimum absolute atomic E-state index is 0.223. The normalized spacial score (nSPS) is 11.7. The van der Waals surface area contributed by atoms with Crippen LogP contribution in [0, 0.1) is 0 Å². The second-order valence-electron chi connectivity index (χ2n) is 3.83. The summed E-state index contributed by atoms with van der Waals surface area (Å²) in [6.07, 6.45) is 0.223. The van der Waals surface area contributed by atoms with Crippen LogP contribution in [0.25, 0.3) is 0 Å². The molecule has 0 radical (unpaired) electrons. The molecule has 0 aliphatic carbocycles. The molecular weight excluding hydrogens is 268 g/mol. The number of carboxylic acids is 1. The number of carbonyl (C=O) groups is 3. The van der Waals surface area contributed by atoms with Crippen LogP contribution in [0.5, 0.6) is 0 Å². The van der Waals surface area contributed by atoms with Crippen molar-refractivity contribution in [2.75, 3.05) is 7.11 Å². The average Bonchev–Trinajstić information content (AvgIpc) is 2.37. The molecule has 1 aromatic rings. The smallest absolute Gasteiger partial charge is 0.337 e. The fraction of sp³-hybridized carbons (Fsp3) is 0.308. The highest BCUT2D eigenvalue weighted by Crippen LogP contribution is 2.18. The van der Waals surface area contributed by atoms with Gasteiger partial charge < -0.3 is 9.84 Å². The molecule has 0 bridgehead atoms. The first kappa shape index (κ1) is 15.2. The fourth-order valence-electron chi connectivity index (χ4n) is 1.49. The number of hydrogen-bond acceptors (Lipinski definition) is 5. The molecule has 102 valence electrons. The van der Waals surface area contributed by atoms with Crippen LogP contribution in [-0.4, -0.2) is 34.5 Å². The molecule has 1 aromatic carbocycles. The molecule has 0 amide bonds. The van der Waals surface area contributed by atoms with Crippen molar-refractivity contribution in [1.29, 1.82) is 0 Å². The van der Waals surface area contributed by atoms with Crippen LogP contribution >= 0.6 is 11.8 Å². The van der Waals surface area contributed by atoms with Gasteiger partial charge in [-0.3, -0.25) is 9.59 Å².